The molecule has 0 heterocycles. The number of hydrogen-bond acceptors (Lipinski definition) is 3. The van der Waals surface area contributed by atoms with Gasteiger partial charge in [-0.3, -0.25) is 4.79 Å². The van der Waals surface area contributed by atoms with E-state index >= 15 is 0 Å². The average molecular weight is 203 g/mol. The van der Waals surface area contributed by atoms with Gasteiger partial charge in [0, 0.05) is 20.6 Å². The van der Waals surface area contributed by atoms with Gasteiger partial charge in [0.25, 0.3) is 0 Å². The second kappa shape index (κ2) is 6.79. The lowest BCUT2D eigenvalue weighted by atomic mass is 9.98. The molecular formula is C10H21NO3. The molecule has 0 atom stereocenters. The summed E-state index contributed by atoms with van der Waals surface area (Å²) in [5.74, 6) is 0.0287. The number of carbonyl (C=O) groups excluding carboxylic acids is 1. The fourth-order valence-electron chi connectivity index (χ4n) is 1.34. The predicted molar refractivity (Wildman–Crippen MR) is 55.2 cm³/mol. The van der Waals surface area contributed by atoms with Crippen LogP contribution in [-0.2, 0) is 14.3 Å². The maximum absolute atomic E-state index is 11.3. The third-order valence-corrected chi connectivity index (χ3v) is 2.24. The predicted octanol–water partition coefficient (Wildman–Crippen LogP) is 0.954. The highest BCUT2D eigenvalue weighted by molar-refractivity contribution is 5.76. The molecule has 0 saturated heterocycles. The Labute approximate surface area is 86.0 Å². The molecule has 0 aromatic heterocycles. The van der Waals surface area contributed by atoms with Crippen molar-refractivity contribution in [2.24, 2.45) is 0 Å². The second-order valence-corrected chi connectivity index (χ2v) is 3.40. The average Bonchev–Trinajstić information content (AvgIpc) is 2.18. The number of ether oxygens (including phenoxy) is 2. The van der Waals surface area contributed by atoms with E-state index in [1.165, 1.54) is 0 Å². The zero-order valence-corrected chi connectivity index (χ0v) is 9.55. The fraction of sp³-hybridized carbons (Fsp3) is 0.900. The van der Waals surface area contributed by atoms with Gasteiger partial charge in [-0.05, 0) is 6.42 Å². The summed E-state index contributed by atoms with van der Waals surface area (Å²) >= 11 is 0. The summed E-state index contributed by atoms with van der Waals surface area (Å²) in [6.45, 7) is 4.79. The molecule has 1 amide bonds. The minimum absolute atomic E-state index is 0.0287. The quantitative estimate of drug-likeness (QED) is 0.670. The van der Waals surface area contributed by atoms with Crippen LogP contribution >= 0.6 is 0 Å². The summed E-state index contributed by atoms with van der Waals surface area (Å²) in [4.78, 5) is 11.3. The molecule has 0 aliphatic rings. The Morgan fingerprint density at radius 2 is 1.71 bits per heavy atom. The van der Waals surface area contributed by atoms with Gasteiger partial charge >= 0.3 is 0 Å². The Morgan fingerprint density at radius 1 is 1.21 bits per heavy atom. The molecule has 0 saturated carbocycles. The van der Waals surface area contributed by atoms with E-state index in [-0.39, 0.29) is 11.4 Å². The second-order valence-electron chi connectivity index (χ2n) is 3.40. The summed E-state index contributed by atoms with van der Waals surface area (Å²) in [5.41, 5.74) is -0.378. The van der Waals surface area contributed by atoms with Crippen molar-refractivity contribution in [3.05, 3.63) is 0 Å². The maximum atomic E-state index is 11.3. The van der Waals surface area contributed by atoms with E-state index < -0.39 is 0 Å². The van der Waals surface area contributed by atoms with Crippen molar-refractivity contribution in [2.45, 2.75) is 32.2 Å². The van der Waals surface area contributed by atoms with Crippen LogP contribution in [0.4, 0.5) is 0 Å². The first-order valence-corrected chi connectivity index (χ1v) is 4.93. The Kier molecular flexibility index (Phi) is 6.49. The topological polar surface area (TPSA) is 47.6 Å². The molecule has 0 unspecified atom stereocenters. The molecule has 0 rings (SSSR count). The van der Waals surface area contributed by atoms with Gasteiger partial charge < -0.3 is 14.8 Å². The first kappa shape index (κ1) is 13.4. The number of carbonyl (C=O) groups is 1. The lowest BCUT2D eigenvalue weighted by Crippen LogP contribution is -2.54. The Morgan fingerprint density at radius 3 is 2.00 bits per heavy atom. The molecule has 0 fully saturated rings. The van der Waals surface area contributed by atoms with Gasteiger partial charge in [0.05, 0.1) is 18.8 Å². The number of nitrogens with one attached hydrogen (secondary N) is 1. The van der Waals surface area contributed by atoms with Crippen LogP contribution in [0.15, 0.2) is 0 Å². The first-order valence-electron chi connectivity index (χ1n) is 4.93. The van der Waals surface area contributed by atoms with E-state index in [1.807, 2.05) is 13.8 Å². The zero-order chi connectivity index (χ0) is 11.0. The molecule has 0 aromatic carbocycles. The molecule has 4 nitrogen and oxygen atoms in total. The van der Waals surface area contributed by atoms with E-state index in [4.69, 9.17) is 9.47 Å². The van der Waals surface area contributed by atoms with Gasteiger partial charge in [0.1, 0.15) is 0 Å². The van der Waals surface area contributed by atoms with Gasteiger partial charge in [-0.15, -0.1) is 0 Å². The van der Waals surface area contributed by atoms with Crippen molar-refractivity contribution in [3.63, 3.8) is 0 Å². The highest BCUT2D eigenvalue weighted by atomic mass is 16.5. The van der Waals surface area contributed by atoms with E-state index in [0.717, 1.165) is 6.42 Å². The van der Waals surface area contributed by atoms with E-state index in [9.17, 15) is 4.79 Å². The molecule has 1 N–H and O–H groups in total. The molecule has 14 heavy (non-hydrogen) atoms. The van der Waals surface area contributed by atoms with Gasteiger partial charge in [0.15, 0.2) is 0 Å². The summed E-state index contributed by atoms with van der Waals surface area (Å²) in [5, 5.41) is 2.94. The molecule has 0 aliphatic heterocycles. The largest absolute Gasteiger partial charge is 0.382 e. The van der Waals surface area contributed by atoms with Crippen LogP contribution < -0.4 is 5.32 Å². The van der Waals surface area contributed by atoms with Crippen LogP contribution in [0.5, 0.6) is 0 Å². The minimum Gasteiger partial charge on any atom is -0.382 e. The van der Waals surface area contributed by atoms with Crippen molar-refractivity contribution < 1.29 is 14.3 Å². The van der Waals surface area contributed by atoms with Crippen molar-refractivity contribution in [3.8, 4) is 0 Å². The van der Waals surface area contributed by atoms with Gasteiger partial charge in [-0.25, -0.2) is 0 Å². The van der Waals surface area contributed by atoms with Crippen LogP contribution in [-0.4, -0.2) is 38.9 Å². The molecule has 0 spiro atoms. The Hall–Kier alpha value is -0.610. The summed E-state index contributed by atoms with van der Waals surface area (Å²) in [6.07, 6.45) is 1.27. The number of methoxy groups -OCH3 is 2. The smallest absolute Gasteiger partial charge is 0.220 e. The van der Waals surface area contributed by atoms with E-state index in [2.05, 4.69) is 5.32 Å². The zero-order valence-electron chi connectivity index (χ0n) is 9.55. The normalized spacial score (nSPS) is 11.4. The molecule has 0 radical (unpaired) electrons. The minimum atomic E-state index is -0.378. The van der Waals surface area contributed by atoms with Crippen molar-refractivity contribution in [2.75, 3.05) is 27.4 Å². The summed E-state index contributed by atoms with van der Waals surface area (Å²) in [7, 11) is 3.25. The molecule has 0 aliphatic carbocycles. The highest BCUT2D eigenvalue weighted by Gasteiger charge is 2.29. The van der Waals surface area contributed by atoms with Gasteiger partial charge in [-0.1, -0.05) is 13.8 Å². The van der Waals surface area contributed by atoms with Crippen molar-refractivity contribution in [1.82, 2.24) is 5.32 Å². The lowest BCUT2D eigenvalue weighted by Gasteiger charge is -2.32. The summed E-state index contributed by atoms with van der Waals surface area (Å²) in [6, 6.07) is 0. The fourth-order valence-corrected chi connectivity index (χ4v) is 1.34. The standard InChI is InChI=1S/C10H21NO3/c1-5-9(12)11-10(6-2,7-13-3)8-14-4/h5-8H2,1-4H3,(H,11,12). The third kappa shape index (κ3) is 4.07. The van der Waals surface area contributed by atoms with Crippen molar-refractivity contribution >= 4 is 5.91 Å². The molecule has 4 heteroatoms. The SMILES string of the molecule is CCC(=O)NC(CC)(COC)COC. The van der Waals surface area contributed by atoms with Crippen LogP contribution in [0.2, 0.25) is 0 Å². The van der Waals surface area contributed by atoms with Crippen LogP contribution in [0, 0.1) is 0 Å². The van der Waals surface area contributed by atoms with Crippen molar-refractivity contribution in [1.29, 1.82) is 0 Å². The summed E-state index contributed by atoms with van der Waals surface area (Å²) < 4.78 is 10.2. The van der Waals surface area contributed by atoms with E-state index in [0.29, 0.717) is 19.6 Å². The van der Waals surface area contributed by atoms with Crippen LogP contribution in [0.25, 0.3) is 0 Å². The lowest BCUT2D eigenvalue weighted by molar-refractivity contribution is -0.124. The Bertz CT molecular complexity index is 165. The van der Waals surface area contributed by atoms with E-state index in [1.54, 1.807) is 14.2 Å². The highest BCUT2D eigenvalue weighted by Crippen LogP contribution is 2.11. The number of rotatable bonds is 7. The van der Waals surface area contributed by atoms with Gasteiger partial charge in [-0.2, -0.15) is 0 Å². The Balaban J connectivity index is 4.39. The number of amides is 1. The van der Waals surface area contributed by atoms with Crippen LogP contribution in [0.3, 0.4) is 0 Å². The monoisotopic (exact) mass is 203 g/mol. The third-order valence-electron chi connectivity index (χ3n) is 2.24. The molecule has 84 valence electrons. The van der Waals surface area contributed by atoms with Gasteiger partial charge in [0.2, 0.25) is 5.91 Å². The number of hydrogen-bond donors (Lipinski definition) is 1. The molecule has 0 aromatic rings. The van der Waals surface area contributed by atoms with Crippen LogP contribution in [0.1, 0.15) is 26.7 Å². The maximum Gasteiger partial charge on any atom is 0.220 e. The first-order chi connectivity index (χ1) is 6.64. The molecule has 0 bridgehead atoms. The molecular weight excluding hydrogens is 182 g/mol.